The molecule has 0 spiro atoms. The number of rotatable bonds is 9. The van der Waals surface area contributed by atoms with E-state index in [1.54, 1.807) is 7.05 Å². The summed E-state index contributed by atoms with van der Waals surface area (Å²) in [5.74, 6) is -0.298. The van der Waals surface area contributed by atoms with Crippen LogP contribution in [0.15, 0.2) is 24.3 Å². The van der Waals surface area contributed by atoms with E-state index in [4.69, 9.17) is 0 Å². The van der Waals surface area contributed by atoms with Crippen LogP contribution in [0.2, 0.25) is 0 Å². The van der Waals surface area contributed by atoms with Gasteiger partial charge in [-0.15, -0.1) is 0 Å². The zero-order valence-electron chi connectivity index (χ0n) is 13.7. The molecule has 0 aliphatic carbocycles. The van der Waals surface area contributed by atoms with Gasteiger partial charge in [-0.1, -0.05) is 31.5 Å². The molecule has 1 atom stereocenters. The van der Waals surface area contributed by atoms with E-state index < -0.39 is 0 Å². The Labute approximate surface area is 132 Å². The number of hydrogen-bond donors (Lipinski definition) is 3. The van der Waals surface area contributed by atoms with Gasteiger partial charge < -0.3 is 16.0 Å². The highest BCUT2D eigenvalue weighted by Crippen LogP contribution is 2.18. The standard InChI is InChI=1S/C17H27N3O2/c1-13(17(22)20-12-16(21)19-3)8-4-5-9-14-10-6-7-11-15(14)18-2/h6-7,10-11,13,18H,4-5,8-9,12H2,1-3H3,(H,19,21)(H,20,22). The number of benzene rings is 1. The summed E-state index contributed by atoms with van der Waals surface area (Å²) in [6.07, 6.45) is 3.88. The van der Waals surface area contributed by atoms with Crippen LogP contribution in [0.5, 0.6) is 0 Å². The third kappa shape index (κ3) is 6.16. The van der Waals surface area contributed by atoms with Gasteiger partial charge in [0.25, 0.3) is 0 Å². The summed E-state index contributed by atoms with van der Waals surface area (Å²) in [6, 6.07) is 8.27. The first-order chi connectivity index (χ1) is 10.6. The Morgan fingerprint density at radius 3 is 2.55 bits per heavy atom. The second kappa shape index (κ2) is 9.82. The molecule has 5 heteroatoms. The fraction of sp³-hybridized carbons (Fsp3) is 0.529. The van der Waals surface area contributed by atoms with Crippen LogP contribution in [0, 0.1) is 5.92 Å². The molecule has 1 aromatic rings. The number of amides is 2. The smallest absolute Gasteiger partial charge is 0.239 e. The van der Waals surface area contributed by atoms with Gasteiger partial charge in [-0.3, -0.25) is 9.59 Å². The van der Waals surface area contributed by atoms with E-state index in [1.807, 2.05) is 26.1 Å². The molecule has 0 aliphatic rings. The molecular formula is C17H27N3O2. The molecule has 122 valence electrons. The van der Waals surface area contributed by atoms with Crippen molar-refractivity contribution < 1.29 is 9.59 Å². The van der Waals surface area contributed by atoms with Crippen molar-refractivity contribution in [2.24, 2.45) is 5.92 Å². The Kier molecular flexibility index (Phi) is 8.04. The van der Waals surface area contributed by atoms with Gasteiger partial charge in [-0.2, -0.15) is 0 Å². The van der Waals surface area contributed by atoms with Crippen molar-refractivity contribution in [3.05, 3.63) is 29.8 Å². The van der Waals surface area contributed by atoms with Gasteiger partial charge in [0.15, 0.2) is 0 Å². The largest absolute Gasteiger partial charge is 0.388 e. The van der Waals surface area contributed by atoms with Gasteiger partial charge in [-0.25, -0.2) is 0 Å². The van der Waals surface area contributed by atoms with Crippen molar-refractivity contribution in [3.8, 4) is 0 Å². The number of nitrogens with one attached hydrogen (secondary N) is 3. The van der Waals surface area contributed by atoms with Gasteiger partial charge in [-0.05, 0) is 30.9 Å². The first kappa shape index (κ1) is 18.0. The molecule has 0 bridgehead atoms. The summed E-state index contributed by atoms with van der Waals surface area (Å²) in [7, 11) is 3.48. The summed E-state index contributed by atoms with van der Waals surface area (Å²) >= 11 is 0. The Morgan fingerprint density at radius 1 is 1.14 bits per heavy atom. The number of aryl methyl sites for hydroxylation is 1. The summed E-state index contributed by atoms with van der Waals surface area (Å²) in [6.45, 7) is 1.95. The molecule has 0 saturated carbocycles. The molecule has 1 rings (SSSR count). The number of carbonyl (C=O) groups is 2. The van der Waals surface area contributed by atoms with E-state index in [2.05, 4.69) is 28.1 Å². The molecule has 5 nitrogen and oxygen atoms in total. The maximum atomic E-state index is 11.8. The average molecular weight is 305 g/mol. The summed E-state index contributed by atoms with van der Waals surface area (Å²) in [5, 5.41) is 8.32. The molecule has 2 amide bonds. The van der Waals surface area contributed by atoms with Crippen molar-refractivity contribution >= 4 is 17.5 Å². The van der Waals surface area contributed by atoms with E-state index in [0.29, 0.717) is 0 Å². The Hall–Kier alpha value is -2.04. The topological polar surface area (TPSA) is 70.2 Å². The Bertz CT molecular complexity index is 489. The number of likely N-dealkylation sites (N-methyl/N-ethyl adjacent to an activating group) is 1. The van der Waals surface area contributed by atoms with Crippen molar-refractivity contribution in [1.82, 2.24) is 10.6 Å². The number of unbranched alkanes of at least 4 members (excludes halogenated alkanes) is 1. The first-order valence-electron chi connectivity index (χ1n) is 7.82. The van der Waals surface area contributed by atoms with Crippen LogP contribution < -0.4 is 16.0 Å². The normalized spacial score (nSPS) is 11.6. The molecular weight excluding hydrogens is 278 g/mol. The average Bonchev–Trinajstić information content (AvgIpc) is 2.56. The first-order valence-corrected chi connectivity index (χ1v) is 7.82. The lowest BCUT2D eigenvalue weighted by molar-refractivity contribution is -0.128. The van der Waals surface area contributed by atoms with Gasteiger partial charge >= 0.3 is 0 Å². The van der Waals surface area contributed by atoms with Crippen LogP contribution in [0.4, 0.5) is 5.69 Å². The highest BCUT2D eigenvalue weighted by Gasteiger charge is 2.13. The van der Waals surface area contributed by atoms with Gasteiger partial charge in [0.05, 0.1) is 6.54 Å². The highest BCUT2D eigenvalue weighted by atomic mass is 16.2. The van der Waals surface area contributed by atoms with Crippen molar-refractivity contribution in [2.45, 2.75) is 32.6 Å². The Balaban J connectivity index is 2.26. The maximum Gasteiger partial charge on any atom is 0.239 e. The van der Waals surface area contributed by atoms with E-state index in [-0.39, 0.29) is 24.3 Å². The number of carbonyl (C=O) groups excluding carboxylic acids is 2. The molecule has 0 radical (unpaired) electrons. The molecule has 22 heavy (non-hydrogen) atoms. The Morgan fingerprint density at radius 2 is 1.86 bits per heavy atom. The van der Waals surface area contributed by atoms with Gasteiger partial charge in [0.2, 0.25) is 11.8 Å². The van der Waals surface area contributed by atoms with Crippen molar-refractivity contribution in [2.75, 3.05) is 26.0 Å². The second-order valence-corrected chi connectivity index (χ2v) is 5.44. The molecule has 0 heterocycles. The lowest BCUT2D eigenvalue weighted by Gasteiger charge is -2.12. The molecule has 0 fully saturated rings. The van der Waals surface area contributed by atoms with E-state index >= 15 is 0 Å². The number of anilines is 1. The van der Waals surface area contributed by atoms with Crippen LogP contribution in [-0.4, -0.2) is 32.5 Å². The van der Waals surface area contributed by atoms with E-state index in [9.17, 15) is 9.59 Å². The fourth-order valence-electron chi connectivity index (χ4n) is 2.31. The van der Waals surface area contributed by atoms with Crippen LogP contribution in [0.25, 0.3) is 0 Å². The van der Waals surface area contributed by atoms with Crippen molar-refractivity contribution in [3.63, 3.8) is 0 Å². The van der Waals surface area contributed by atoms with E-state index in [1.165, 1.54) is 11.3 Å². The number of para-hydroxylation sites is 1. The van der Waals surface area contributed by atoms with Crippen LogP contribution in [0.1, 0.15) is 31.7 Å². The lowest BCUT2D eigenvalue weighted by atomic mass is 9.99. The minimum atomic E-state index is -0.177. The fourth-order valence-corrected chi connectivity index (χ4v) is 2.31. The number of hydrogen-bond acceptors (Lipinski definition) is 3. The van der Waals surface area contributed by atoms with Gasteiger partial charge in [0, 0.05) is 25.7 Å². The summed E-state index contributed by atoms with van der Waals surface area (Å²) in [4.78, 5) is 22.9. The minimum Gasteiger partial charge on any atom is -0.388 e. The third-order valence-electron chi connectivity index (χ3n) is 3.77. The van der Waals surface area contributed by atoms with Crippen LogP contribution in [0.3, 0.4) is 0 Å². The zero-order chi connectivity index (χ0) is 16.4. The predicted octanol–water partition coefficient (Wildman–Crippen LogP) is 1.94. The minimum absolute atomic E-state index is 0.0508. The monoisotopic (exact) mass is 305 g/mol. The second-order valence-electron chi connectivity index (χ2n) is 5.44. The predicted molar refractivity (Wildman–Crippen MR) is 89.8 cm³/mol. The zero-order valence-corrected chi connectivity index (χ0v) is 13.7. The van der Waals surface area contributed by atoms with Crippen LogP contribution >= 0.6 is 0 Å². The SMILES string of the molecule is CNC(=O)CNC(=O)C(C)CCCCc1ccccc1NC. The maximum absolute atomic E-state index is 11.8. The van der Waals surface area contributed by atoms with Crippen molar-refractivity contribution in [1.29, 1.82) is 0 Å². The van der Waals surface area contributed by atoms with E-state index in [0.717, 1.165) is 25.7 Å². The summed E-state index contributed by atoms with van der Waals surface area (Å²) < 4.78 is 0. The highest BCUT2D eigenvalue weighted by molar-refractivity contribution is 5.85. The molecule has 1 unspecified atom stereocenters. The van der Waals surface area contributed by atoms with Crippen LogP contribution in [-0.2, 0) is 16.0 Å². The quantitative estimate of drug-likeness (QED) is 0.611. The molecule has 0 aromatic heterocycles. The molecule has 3 N–H and O–H groups in total. The summed E-state index contributed by atoms with van der Waals surface area (Å²) in [5.41, 5.74) is 2.47. The molecule has 0 aliphatic heterocycles. The van der Waals surface area contributed by atoms with Gasteiger partial charge in [0.1, 0.15) is 0 Å². The third-order valence-corrected chi connectivity index (χ3v) is 3.77. The molecule has 1 aromatic carbocycles. The lowest BCUT2D eigenvalue weighted by Crippen LogP contribution is -2.37. The molecule has 0 saturated heterocycles.